The highest BCUT2D eigenvalue weighted by atomic mass is 15.1. The third-order valence-corrected chi connectivity index (χ3v) is 9.56. The van der Waals surface area contributed by atoms with Gasteiger partial charge in [-0.25, -0.2) is 15.0 Å². The van der Waals surface area contributed by atoms with Crippen molar-refractivity contribution in [3.05, 3.63) is 176 Å². The first-order valence-corrected chi connectivity index (χ1v) is 16.8. The van der Waals surface area contributed by atoms with Crippen LogP contribution in [0.1, 0.15) is 0 Å². The first-order chi connectivity index (χ1) is 24.8. The summed E-state index contributed by atoms with van der Waals surface area (Å²) in [6.07, 6.45) is 0. The second-order valence-electron chi connectivity index (χ2n) is 12.5. The van der Waals surface area contributed by atoms with Crippen LogP contribution in [0.15, 0.2) is 176 Å². The lowest BCUT2D eigenvalue weighted by Gasteiger charge is -2.15. The molecule has 7 aromatic carbocycles. The molecule has 0 N–H and O–H groups in total. The van der Waals surface area contributed by atoms with Crippen LogP contribution in [0.4, 0.5) is 0 Å². The molecule has 0 saturated heterocycles. The van der Waals surface area contributed by atoms with E-state index >= 15 is 0 Å². The van der Waals surface area contributed by atoms with Crippen LogP contribution in [-0.4, -0.2) is 24.1 Å². The lowest BCUT2D eigenvalue weighted by molar-refractivity contribution is 1.07. The molecule has 0 aliphatic heterocycles. The number of nitrogens with zero attached hydrogens (tertiary/aromatic N) is 5. The topological polar surface area (TPSA) is 48.5 Å². The van der Waals surface area contributed by atoms with E-state index in [1.54, 1.807) is 0 Å². The van der Waals surface area contributed by atoms with E-state index in [0.29, 0.717) is 17.5 Å². The molecule has 0 radical (unpaired) electrons. The van der Waals surface area contributed by atoms with E-state index in [1.165, 1.54) is 32.6 Å². The Hall–Kier alpha value is -6.85. The van der Waals surface area contributed by atoms with Gasteiger partial charge < -0.3 is 9.13 Å². The number of aromatic nitrogens is 5. The Balaban J connectivity index is 1.24. The monoisotopic (exact) mass is 639 g/mol. The van der Waals surface area contributed by atoms with Crippen molar-refractivity contribution in [3.8, 4) is 45.5 Å². The van der Waals surface area contributed by atoms with Crippen molar-refractivity contribution in [1.82, 2.24) is 24.1 Å². The SMILES string of the molecule is c1ccc(-c2nc(-c3ccccc3)nc(-c3cccc(-n4c5ccccc5c5cccc(-n6c7ccccc7c7ccccc76)c54)c3)n2)cc1. The summed E-state index contributed by atoms with van der Waals surface area (Å²) in [4.78, 5) is 15.0. The third-order valence-electron chi connectivity index (χ3n) is 9.56. The zero-order valence-electron chi connectivity index (χ0n) is 27.0. The van der Waals surface area contributed by atoms with Crippen molar-refractivity contribution in [2.45, 2.75) is 0 Å². The van der Waals surface area contributed by atoms with E-state index < -0.39 is 0 Å². The summed E-state index contributed by atoms with van der Waals surface area (Å²) in [7, 11) is 0. The molecule has 3 aromatic heterocycles. The standard InChI is InChI=1S/C45H29N5/c1-3-15-30(16-4-1)43-46-44(31-17-5-2-6-18-31)48-45(47-43)32-19-13-20-33(29-32)49-38-25-10-9-23-36(38)37-24-14-28-41(42(37)49)50-39-26-11-7-21-34(39)35-22-8-12-27-40(35)50/h1-29H. The minimum absolute atomic E-state index is 0.628. The molecule has 234 valence electrons. The van der Waals surface area contributed by atoms with Gasteiger partial charge in [-0.1, -0.05) is 140 Å². The Morgan fingerprint density at radius 3 is 1.32 bits per heavy atom. The second kappa shape index (κ2) is 11.4. The summed E-state index contributed by atoms with van der Waals surface area (Å²) < 4.78 is 4.81. The maximum atomic E-state index is 5.04. The summed E-state index contributed by atoms with van der Waals surface area (Å²) in [6.45, 7) is 0. The van der Waals surface area contributed by atoms with Crippen LogP contribution in [0.25, 0.3) is 89.2 Å². The van der Waals surface area contributed by atoms with Crippen LogP contribution in [0, 0.1) is 0 Å². The number of fused-ring (bicyclic) bond motifs is 6. The van der Waals surface area contributed by atoms with Crippen molar-refractivity contribution in [2.75, 3.05) is 0 Å². The van der Waals surface area contributed by atoms with Gasteiger partial charge in [0.2, 0.25) is 0 Å². The van der Waals surface area contributed by atoms with Gasteiger partial charge in [0.1, 0.15) is 0 Å². The van der Waals surface area contributed by atoms with Gasteiger partial charge in [0, 0.05) is 43.9 Å². The molecule has 5 heteroatoms. The Bertz CT molecular complexity index is 2760. The zero-order chi connectivity index (χ0) is 33.0. The molecule has 0 saturated carbocycles. The fourth-order valence-electron chi connectivity index (χ4n) is 7.35. The van der Waals surface area contributed by atoms with Crippen molar-refractivity contribution in [3.63, 3.8) is 0 Å². The highest BCUT2D eigenvalue weighted by Crippen LogP contribution is 2.40. The smallest absolute Gasteiger partial charge is 0.164 e. The summed E-state index contributed by atoms with van der Waals surface area (Å²) in [5.74, 6) is 1.92. The molecule has 0 aliphatic rings. The summed E-state index contributed by atoms with van der Waals surface area (Å²) >= 11 is 0. The first kappa shape index (κ1) is 28.2. The van der Waals surface area contributed by atoms with Crippen LogP contribution < -0.4 is 0 Å². The molecule has 5 nitrogen and oxygen atoms in total. The van der Waals surface area contributed by atoms with Crippen molar-refractivity contribution < 1.29 is 0 Å². The molecule has 0 bridgehead atoms. The third kappa shape index (κ3) is 4.45. The Kier molecular flexibility index (Phi) is 6.42. The fraction of sp³-hybridized carbons (Fsp3) is 0. The number of para-hydroxylation sites is 4. The molecule has 10 rings (SSSR count). The molecule has 0 spiro atoms. The molecule has 0 atom stereocenters. The first-order valence-electron chi connectivity index (χ1n) is 16.8. The number of hydrogen-bond acceptors (Lipinski definition) is 3. The number of benzene rings is 7. The normalized spacial score (nSPS) is 11.6. The Labute approximate surface area is 288 Å². The quantitative estimate of drug-likeness (QED) is 0.188. The van der Waals surface area contributed by atoms with E-state index in [2.05, 4.69) is 124 Å². The van der Waals surface area contributed by atoms with Gasteiger partial charge in [-0.05, 0) is 36.4 Å². The van der Waals surface area contributed by atoms with Crippen LogP contribution in [0.3, 0.4) is 0 Å². The Morgan fingerprint density at radius 2 is 0.740 bits per heavy atom. The lowest BCUT2D eigenvalue weighted by atomic mass is 10.1. The van der Waals surface area contributed by atoms with E-state index in [4.69, 9.17) is 15.0 Å². The average molecular weight is 640 g/mol. The number of hydrogen-bond donors (Lipinski definition) is 0. The van der Waals surface area contributed by atoms with Crippen molar-refractivity contribution >= 4 is 43.6 Å². The predicted octanol–water partition coefficient (Wildman–Crippen LogP) is 11.1. The highest BCUT2D eigenvalue weighted by molar-refractivity contribution is 6.15. The maximum Gasteiger partial charge on any atom is 0.164 e. The molecule has 50 heavy (non-hydrogen) atoms. The highest BCUT2D eigenvalue weighted by Gasteiger charge is 2.20. The van der Waals surface area contributed by atoms with E-state index in [0.717, 1.165) is 39.1 Å². The number of rotatable bonds is 5. The van der Waals surface area contributed by atoms with E-state index in [-0.39, 0.29) is 0 Å². The molecule has 10 aromatic rings. The lowest BCUT2D eigenvalue weighted by Crippen LogP contribution is -2.02. The fourth-order valence-corrected chi connectivity index (χ4v) is 7.35. The van der Waals surface area contributed by atoms with Gasteiger partial charge in [-0.2, -0.15) is 0 Å². The molecule has 3 heterocycles. The van der Waals surface area contributed by atoms with E-state index in [9.17, 15) is 0 Å². The van der Waals surface area contributed by atoms with Crippen LogP contribution in [0.5, 0.6) is 0 Å². The van der Waals surface area contributed by atoms with Crippen LogP contribution in [0.2, 0.25) is 0 Å². The summed E-state index contributed by atoms with van der Waals surface area (Å²) in [5.41, 5.74) is 9.60. The van der Waals surface area contributed by atoms with Crippen LogP contribution in [-0.2, 0) is 0 Å². The molecule has 0 amide bonds. The van der Waals surface area contributed by atoms with Gasteiger partial charge in [-0.15, -0.1) is 0 Å². The van der Waals surface area contributed by atoms with Gasteiger partial charge >= 0.3 is 0 Å². The van der Waals surface area contributed by atoms with E-state index in [1.807, 2.05) is 60.7 Å². The molecule has 0 fully saturated rings. The minimum atomic E-state index is 0.628. The molecular weight excluding hydrogens is 611 g/mol. The Morgan fingerprint density at radius 1 is 0.320 bits per heavy atom. The summed E-state index contributed by atoms with van der Waals surface area (Å²) in [6, 6.07) is 61.5. The van der Waals surface area contributed by atoms with Gasteiger partial charge in [0.25, 0.3) is 0 Å². The summed E-state index contributed by atoms with van der Waals surface area (Å²) in [5, 5.41) is 4.88. The maximum absolute atomic E-state index is 5.04. The average Bonchev–Trinajstić information content (AvgIpc) is 3.72. The zero-order valence-corrected chi connectivity index (χ0v) is 27.0. The van der Waals surface area contributed by atoms with Crippen molar-refractivity contribution in [2.24, 2.45) is 0 Å². The van der Waals surface area contributed by atoms with Crippen LogP contribution >= 0.6 is 0 Å². The minimum Gasteiger partial charge on any atom is -0.307 e. The predicted molar refractivity (Wildman–Crippen MR) is 205 cm³/mol. The largest absolute Gasteiger partial charge is 0.307 e. The van der Waals surface area contributed by atoms with Gasteiger partial charge in [-0.3, -0.25) is 0 Å². The second-order valence-corrected chi connectivity index (χ2v) is 12.5. The van der Waals surface area contributed by atoms with Gasteiger partial charge in [0.05, 0.1) is 27.8 Å². The van der Waals surface area contributed by atoms with Gasteiger partial charge in [0.15, 0.2) is 17.5 Å². The van der Waals surface area contributed by atoms with Crippen molar-refractivity contribution in [1.29, 1.82) is 0 Å². The molecule has 0 unspecified atom stereocenters. The molecular formula is C45H29N5. The molecule has 0 aliphatic carbocycles.